The molecular weight excluding hydrogens is 266 g/mol. The Balaban J connectivity index is -0.00000000675. The number of aliphatic carboxylic acids is 3. The standard InChI is InChI=1S/3C2H4O2.7H3N/c3*1-2(3)4;;;;;;;/h3*1H3,(H,3,4);7*1H3/p+4. The fraction of sp³-hybridized carbons (Fsp3) is 0.500. The molecule has 0 aliphatic carbocycles. The van der Waals surface area contributed by atoms with Crippen molar-refractivity contribution < 1.29 is 29.7 Å². The van der Waals surface area contributed by atoms with Crippen molar-refractivity contribution in [2.75, 3.05) is 0 Å². The van der Waals surface area contributed by atoms with E-state index < -0.39 is 17.9 Å². The van der Waals surface area contributed by atoms with Gasteiger partial charge in [-0.1, -0.05) is 0 Å². The second-order valence-electron chi connectivity index (χ2n) is 1.47. The van der Waals surface area contributed by atoms with Crippen molar-refractivity contribution in [1.82, 2.24) is 43.1 Å². The van der Waals surface area contributed by atoms with Gasteiger partial charge in [-0.25, -0.2) is 0 Å². The molecule has 13 nitrogen and oxygen atoms in total. The van der Waals surface area contributed by atoms with Crippen LogP contribution in [-0.4, -0.2) is 17.9 Å². The quantitative estimate of drug-likeness (QED) is 0.290. The van der Waals surface area contributed by atoms with E-state index in [1.165, 1.54) is 0 Å². The van der Waals surface area contributed by atoms with Gasteiger partial charge in [-0.3, -0.25) is 0 Å². The highest BCUT2D eigenvalue weighted by atomic mass is 16.4. The predicted molar refractivity (Wildman–Crippen MR) is 73.9 cm³/mol. The second-order valence-corrected chi connectivity index (χ2v) is 1.47. The van der Waals surface area contributed by atoms with E-state index in [0.717, 1.165) is 20.8 Å². The van der Waals surface area contributed by atoms with Crippen LogP contribution in [0.3, 0.4) is 0 Å². The number of quaternary nitrogens is 7. The van der Waals surface area contributed by atoms with Crippen molar-refractivity contribution in [3.05, 3.63) is 0 Å². The maximum absolute atomic E-state index is 8.89. The Bertz CT molecular complexity index is 128. The summed E-state index contributed by atoms with van der Waals surface area (Å²) in [4.78, 5) is 26.7. The molecule has 0 aliphatic rings. The van der Waals surface area contributed by atoms with Crippen molar-refractivity contribution in [3.63, 3.8) is 0 Å². The van der Waals surface area contributed by atoms with Gasteiger partial charge in [0.25, 0.3) is 0 Å². The molecule has 19 heavy (non-hydrogen) atoms. The van der Waals surface area contributed by atoms with Gasteiger partial charge in [0, 0.05) is 17.9 Å². The molecule has 0 bridgehead atoms. The van der Waals surface area contributed by atoms with Crippen molar-refractivity contribution in [3.8, 4) is 0 Å². The van der Waals surface area contributed by atoms with Gasteiger partial charge >= 0.3 is 0 Å². The van der Waals surface area contributed by atoms with Crippen LogP contribution >= 0.6 is 0 Å². The van der Waals surface area contributed by atoms with Crippen molar-refractivity contribution >= 4 is 17.9 Å². The Morgan fingerprint density at radius 1 is 0.474 bits per heavy atom. The van der Waals surface area contributed by atoms with Gasteiger partial charge in [0.1, 0.15) is 0 Å². The zero-order valence-corrected chi connectivity index (χ0v) is 13.9. The Labute approximate surface area is 112 Å². The van der Waals surface area contributed by atoms with Crippen LogP contribution in [0.5, 0.6) is 0 Å². The third kappa shape index (κ3) is 921. The summed E-state index contributed by atoms with van der Waals surface area (Å²) in [5.41, 5.74) is 0. The highest BCUT2D eigenvalue weighted by Crippen LogP contribution is 1.31. The van der Waals surface area contributed by atoms with E-state index in [9.17, 15) is 0 Å². The molecule has 0 saturated heterocycles. The van der Waals surface area contributed by atoms with Crippen molar-refractivity contribution in [2.45, 2.75) is 20.8 Å². The number of carbonyl (C=O) groups excluding carboxylic acids is 3. The first kappa shape index (κ1) is 87.7. The van der Waals surface area contributed by atoms with E-state index in [2.05, 4.69) is 0 Å². The average molecular weight is 303 g/mol. The zero-order valence-electron chi connectivity index (χ0n) is 13.9. The summed E-state index contributed by atoms with van der Waals surface area (Å²) in [6.45, 7) is 2.92. The first-order valence-corrected chi connectivity index (χ1v) is 2.72. The summed E-state index contributed by atoms with van der Waals surface area (Å²) in [6.07, 6.45) is 0. The molecule has 0 amide bonds. The Morgan fingerprint density at radius 3 is 0.474 bits per heavy atom. The van der Waals surface area contributed by atoms with Crippen molar-refractivity contribution in [1.29, 1.82) is 0 Å². The molecule has 0 aromatic carbocycles. The largest absolute Gasteiger partial charge is 0.550 e. The van der Waals surface area contributed by atoms with Crippen LogP contribution in [0.4, 0.5) is 0 Å². The minimum atomic E-state index is -1.08. The molecule has 0 rings (SSSR count). The van der Waals surface area contributed by atoms with Gasteiger partial charge < -0.3 is 72.8 Å². The highest BCUT2D eigenvalue weighted by molar-refractivity contribution is 5.60. The fourth-order valence-electron chi connectivity index (χ4n) is 0. The van der Waals surface area contributed by atoms with Gasteiger partial charge in [-0.05, 0) is 20.8 Å². The average Bonchev–Trinajstić information content (AvgIpc) is 1.54. The topological polar surface area (TPSA) is 376 Å². The van der Waals surface area contributed by atoms with Crippen LogP contribution in [-0.2, 0) is 14.4 Å². The van der Waals surface area contributed by atoms with Gasteiger partial charge in [0.05, 0.1) is 0 Å². The maximum atomic E-state index is 8.89. The Hall–Kier alpha value is -1.87. The third-order valence-electron chi connectivity index (χ3n) is 0. The fourth-order valence-corrected chi connectivity index (χ4v) is 0. The lowest BCUT2D eigenvalue weighted by atomic mass is 10.9. The van der Waals surface area contributed by atoms with E-state index in [-0.39, 0.29) is 43.1 Å². The molecule has 0 aromatic rings. The van der Waals surface area contributed by atoms with Crippen LogP contribution in [0.25, 0.3) is 0 Å². The van der Waals surface area contributed by atoms with Crippen LogP contribution in [0, 0.1) is 0 Å². The third-order valence-corrected chi connectivity index (χ3v) is 0. The van der Waals surface area contributed by atoms with Gasteiger partial charge in [-0.2, -0.15) is 0 Å². The summed E-state index contributed by atoms with van der Waals surface area (Å²) in [5, 5.41) is 26.7. The normalized spacial score (nSPS) is 3.95. The first-order valence-electron chi connectivity index (χ1n) is 2.72. The van der Waals surface area contributed by atoms with E-state index in [1.54, 1.807) is 0 Å². The lowest BCUT2D eigenvalue weighted by Gasteiger charge is -1.77. The molecule has 0 unspecified atom stereocenters. The van der Waals surface area contributed by atoms with E-state index in [0.29, 0.717) is 0 Å². The van der Waals surface area contributed by atoms with Gasteiger partial charge in [0.15, 0.2) is 0 Å². The lowest BCUT2D eigenvalue weighted by molar-refractivity contribution is -0.303. The molecular formula is C6H37N7O6+4. The van der Waals surface area contributed by atoms with Crippen molar-refractivity contribution in [2.24, 2.45) is 0 Å². The van der Waals surface area contributed by atoms with E-state index in [1.807, 2.05) is 0 Å². The molecule has 0 aliphatic heterocycles. The summed E-state index contributed by atoms with van der Waals surface area (Å²) in [6, 6.07) is 0. The Morgan fingerprint density at radius 2 is 0.474 bits per heavy atom. The number of carbonyl (C=O) groups is 3. The van der Waals surface area contributed by atoms with E-state index >= 15 is 0 Å². The SMILES string of the molecule is CC(=O)[O-].CC(=O)[O-].CC(=O)[O-].[NH4+].[NH4+].[NH4+].[NH4+].[NH4+].[NH4+].[NH4+]. The summed E-state index contributed by atoms with van der Waals surface area (Å²) in [7, 11) is 0. The molecule has 0 fully saturated rings. The minimum Gasteiger partial charge on any atom is -0.550 e. The first-order chi connectivity index (χ1) is 5.20. The van der Waals surface area contributed by atoms with E-state index in [4.69, 9.17) is 29.7 Å². The van der Waals surface area contributed by atoms with Crippen LogP contribution < -0.4 is 58.4 Å². The number of hydrogen-bond donors (Lipinski definition) is 7. The van der Waals surface area contributed by atoms with Crippen LogP contribution in [0.2, 0.25) is 0 Å². The minimum absolute atomic E-state index is 0. The molecule has 0 spiro atoms. The summed E-state index contributed by atoms with van der Waals surface area (Å²) in [5.74, 6) is -3.25. The predicted octanol–water partition coefficient (Wildman–Crippen LogP) is -1.10. The lowest BCUT2D eigenvalue weighted by Crippen LogP contribution is -2.16. The monoisotopic (exact) mass is 303 g/mol. The molecule has 0 aromatic heterocycles. The summed E-state index contributed by atoms with van der Waals surface area (Å²) >= 11 is 0. The number of rotatable bonds is 0. The molecule has 0 saturated carbocycles. The smallest absolute Gasteiger partial charge is 0.0383 e. The molecule has 0 atom stereocenters. The molecule has 128 valence electrons. The summed E-state index contributed by atoms with van der Waals surface area (Å²) < 4.78 is 0. The maximum Gasteiger partial charge on any atom is 0.0383 e. The number of carboxylic acid groups (broad SMARTS) is 3. The van der Waals surface area contributed by atoms with Crippen LogP contribution in [0.1, 0.15) is 20.8 Å². The van der Waals surface area contributed by atoms with Crippen LogP contribution in [0.15, 0.2) is 0 Å². The molecule has 0 heterocycles. The van der Waals surface area contributed by atoms with Gasteiger partial charge in [0.2, 0.25) is 0 Å². The molecule has 0 radical (unpaired) electrons. The molecule has 28 N–H and O–H groups in total. The number of hydrogen-bond acceptors (Lipinski definition) is 6. The number of carboxylic acids is 3. The second kappa shape index (κ2) is 72.6. The highest BCUT2D eigenvalue weighted by Gasteiger charge is 1.47. The van der Waals surface area contributed by atoms with Gasteiger partial charge in [-0.15, -0.1) is 0 Å². The molecule has 13 heteroatoms. The Kier molecular flexibility index (Phi) is 335. The zero-order chi connectivity index (χ0) is 10.7.